The standard InChI is InChI=1S/C9H10ClN5O2S/c1-15-6-12-14-9(15)5-13-18(16,17)8-4-11-3-2-7(8)10/h2-4,6,13H,5H2,1H3. The van der Waals surface area contributed by atoms with E-state index < -0.39 is 10.0 Å². The van der Waals surface area contributed by atoms with Crippen LogP contribution in [0.3, 0.4) is 0 Å². The lowest BCUT2D eigenvalue weighted by atomic mass is 10.5. The van der Waals surface area contributed by atoms with Crippen LogP contribution in [0, 0.1) is 0 Å². The Bertz CT molecular complexity index is 654. The maximum atomic E-state index is 12.0. The first-order valence-corrected chi connectivity index (χ1v) is 6.79. The molecule has 0 spiro atoms. The van der Waals surface area contributed by atoms with Crippen LogP contribution in [0.5, 0.6) is 0 Å². The van der Waals surface area contributed by atoms with Crippen molar-refractivity contribution in [3.63, 3.8) is 0 Å². The first-order chi connectivity index (χ1) is 8.50. The minimum atomic E-state index is -3.71. The zero-order chi connectivity index (χ0) is 13.2. The Morgan fingerprint density at radius 2 is 2.28 bits per heavy atom. The first-order valence-electron chi connectivity index (χ1n) is 4.93. The van der Waals surface area contributed by atoms with E-state index in [0.29, 0.717) is 5.82 Å². The number of rotatable bonds is 4. The van der Waals surface area contributed by atoms with Crippen molar-refractivity contribution in [3.05, 3.63) is 35.6 Å². The van der Waals surface area contributed by atoms with Gasteiger partial charge in [0, 0.05) is 19.4 Å². The largest absolute Gasteiger partial charge is 0.320 e. The molecule has 2 aromatic rings. The van der Waals surface area contributed by atoms with Crippen molar-refractivity contribution >= 4 is 21.6 Å². The molecule has 0 bridgehead atoms. The number of hydrogen-bond acceptors (Lipinski definition) is 5. The smallest absolute Gasteiger partial charge is 0.244 e. The molecule has 0 unspecified atom stereocenters. The second-order valence-corrected chi connectivity index (χ2v) is 5.63. The highest BCUT2D eigenvalue weighted by molar-refractivity contribution is 7.89. The van der Waals surface area contributed by atoms with E-state index in [2.05, 4.69) is 19.9 Å². The lowest BCUT2D eigenvalue weighted by Crippen LogP contribution is -2.25. The van der Waals surface area contributed by atoms with Crippen LogP contribution in [-0.4, -0.2) is 28.2 Å². The van der Waals surface area contributed by atoms with Crippen molar-refractivity contribution in [3.8, 4) is 0 Å². The van der Waals surface area contributed by atoms with E-state index in [1.54, 1.807) is 11.6 Å². The molecule has 0 atom stereocenters. The molecular formula is C9H10ClN5O2S. The van der Waals surface area contributed by atoms with E-state index in [0.717, 1.165) is 0 Å². The molecule has 0 aliphatic carbocycles. The van der Waals surface area contributed by atoms with Gasteiger partial charge in [0.1, 0.15) is 17.0 Å². The lowest BCUT2D eigenvalue weighted by molar-refractivity contribution is 0.577. The minimum Gasteiger partial charge on any atom is -0.320 e. The summed E-state index contributed by atoms with van der Waals surface area (Å²) in [6.07, 6.45) is 4.10. The summed E-state index contributed by atoms with van der Waals surface area (Å²) in [5.41, 5.74) is 0. The van der Waals surface area contributed by atoms with Gasteiger partial charge in [0.2, 0.25) is 10.0 Å². The number of aromatic nitrogens is 4. The van der Waals surface area contributed by atoms with Crippen LogP contribution >= 0.6 is 11.6 Å². The quantitative estimate of drug-likeness (QED) is 0.876. The fourth-order valence-electron chi connectivity index (χ4n) is 1.27. The highest BCUT2D eigenvalue weighted by Crippen LogP contribution is 2.18. The molecule has 0 fully saturated rings. The van der Waals surface area contributed by atoms with Gasteiger partial charge < -0.3 is 4.57 Å². The Labute approximate surface area is 109 Å². The van der Waals surface area contributed by atoms with Crippen LogP contribution in [-0.2, 0) is 23.6 Å². The number of halogens is 1. The van der Waals surface area contributed by atoms with E-state index in [1.807, 2.05) is 0 Å². The van der Waals surface area contributed by atoms with Crippen molar-refractivity contribution in [2.75, 3.05) is 0 Å². The number of nitrogens with zero attached hydrogens (tertiary/aromatic N) is 4. The van der Waals surface area contributed by atoms with Crippen LogP contribution < -0.4 is 4.72 Å². The summed E-state index contributed by atoms with van der Waals surface area (Å²) in [6.45, 7) is 0.0318. The molecule has 0 amide bonds. The number of pyridine rings is 1. The zero-order valence-corrected chi connectivity index (χ0v) is 11.0. The molecule has 0 aromatic carbocycles. The van der Waals surface area contributed by atoms with Crippen LogP contribution in [0.4, 0.5) is 0 Å². The number of sulfonamides is 1. The Morgan fingerprint density at radius 3 is 2.89 bits per heavy atom. The molecule has 0 aliphatic heterocycles. The summed E-state index contributed by atoms with van der Waals surface area (Å²) in [7, 11) is -1.99. The fraction of sp³-hybridized carbons (Fsp3) is 0.222. The topological polar surface area (TPSA) is 89.8 Å². The minimum absolute atomic E-state index is 0.0318. The second-order valence-electron chi connectivity index (χ2n) is 3.49. The molecule has 9 heteroatoms. The predicted octanol–water partition coefficient (Wildman–Crippen LogP) is 0.342. The first kappa shape index (κ1) is 12.9. The summed E-state index contributed by atoms with van der Waals surface area (Å²) in [6, 6.07) is 1.42. The number of aryl methyl sites for hydroxylation is 1. The molecule has 1 N–H and O–H groups in total. The molecule has 2 heterocycles. The zero-order valence-electron chi connectivity index (χ0n) is 9.41. The number of hydrogen-bond donors (Lipinski definition) is 1. The predicted molar refractivity (Wildman–Crippen MR) is 64.3 cm³/mol. The van der Waals surface area contributed by atoms with Crippen molar-refractivity contribution in [1.82, 2.24) is 24.5 Å². The van der Waals surface area contributed by atoms with Crippen molar-refractivity contribution < 1.29 is 8.42 Å². The fourth-order valence-corrected chi connectivity index (χ4v) is 2.67. The maximum Gasteiger partial charge on any atom is 0.244 e. The summed E-state index contributed by atoms with van der Waals surface area (Å²) in [4.78, 5) is 3.68. The highest BCUT2D eigenvalue weighted by atomic mass is 35.5. The van der Waals surface area contributed by atoms with Crippen LogP contribution in [0.25, 0.3) is 0 Å². The van der Waals surface area contributed by atoms with Gasteiger partial charge in [0.05, 0.1) is 11.6 Å². The van der Waals surface area contributed by atoms with Gasteiger partial charge >= 0.3 is 0 Å². The molecule has 2 rings (SSSR count). The Morgan fingerprint density at radius 1 is 1.50 bits per heavy atom. The van der Waals surface area contributed by atoms with E-state index in [-0.39, 0.29) is 16.5 Å². The van der Waals surface area contributed by atoms with Gasteiger partial charge in [0.25, 0.3) is 0 Å². The van der Waals surface area contributed by atoms with Gasteiger partial charge in [-0.1, -0.05) is 11.6 Å². The normalized spacial score (nSPS) is 11.7. The van der Waals surface area contributed by atoms with Crippen LogP contribution in [0.1, 0.15) is 5.82 Å². The van der Waals surface area contributed by atoms with Crippen LogP contribution in [0.15, 0.2) is 29.7 Å². The third-order valence-corrected chi connectivity index (χ3v) is 4.12. The lowest BCUT2D eigenvalue weighted by Gasteiger charge is -2.07. The summed E-state index contributed by atoms with van der Waals surface area (Å²) < 4.78 is 27.9. The van der Waals surface area contributed by atoms with Crippen LogP contribution in [0.2, 0.25) is 5.02 Å². The maximum absolute atomic E-state index is 12.0. The van der Waals surface area contributed by atoms with E-state index in [1.165, 1.54) is 24.8 Å². The SMILES string of the molecule is Cn1cnnc1CNS(=O)(=O)c1cnccc1Cl. The molecule has 18 heavy (non-hydrogen) atoms. The third kappa shape index (κ3) is 2.66. The molecule has 96 valence electrons. The molecule has 0 saturated heterocycles. The molecule has 2 aromatic heterocycles. The van der Waals surface area contributed by atoms with Gasteiger partial charge in [-0.25, -0.2) is 13.1 Å². The Kier molecular flexibility index (Phi) is 3.60. The molecule has 0 radical (unpaired) electrons. The monoisotopic (exact) mass is 287 g/mol. The van der Waals surface area contributed by atoms with Crippen molar-refractivity contribution in [1.29, 1.82) is 0 Å². The third-order valence-electron chi connectivity index (χ3n) is 2.25. The van der Waals surface area contributed by atoms with E-state index in [9.17, 15) is 8.42 Å². The number of nitrogens with one attached hydrogen (secondary N) is 1. The highest BCUT2D eigenvalue weighted by Gasteiger charge is 2.18. The van der Waals surface area contributed by atoms with Gasteiger partial charge in [-0.05, 0) is 6.07 Å². The molecule has 0 saturated carbocycles. The van der Waals surface area contributed by atoms with Crippen molar-refractivity contribution in [2.45, 2.75) is 11.4 Å². The molecule has 0 aliphatic rings. The van der Waals surface area contributed by atoms with Gasteiger partial charge in [-0.2, -0.15) is 0 Å². The van der Waals surface area contributed by atoms with Gasteiger partial charge in [0.15, 0.2) is 0 Å². The van der Waals surface area contributed by atoms with E-state index >= 15 is 0 Å². The summed E-state index contributed by atoms with van der Waals surface area (Å²) >= 11 is 5.81. The summed E-state index contributed by atoms with van der Waals surface area (Å²) in [5, 5.41) is 7.55. The Balaban J connectivity index is 2.19. The average Bonchev–Trinajstić information content (AvgIpc) is 2.73. The second kappa shape index (κ2) is 5.01. The molecular weight excluding hydrogens is 278 g/mol. The summed E-state index contributed by atoms with van der Waals surface area (Å²) in [5.74, 6) is 0.499. The molecule has 7 nitrogen and oxygen atoms in total. The van der Waals surface area contributed by atoms with Gasteiger partial charge in [-0.15, -0.1) is 10.2 Å². The van der Waals surface area contributed by atoms with E-state index in [4.69, 9.17) is 11.6 Å². The van der Waals surface area contributed by atoms with Crippen molar-refractivity contribution in [2.24, 2.45) is 7.05 Å². The average molecular weight is 288 g/mol. The Hall–Kier alpha value is -1.51. The van der Waals surface area contributed by atoms with Gasteiger partial charge in [-0.3, -0.25) is 4.98 Å².